The Bertz CT molecular complexity index is 837. The third-order valence-electron chi connectivity index (χ3n) is 8.21. The molecule has 0 heterocycles. The average molecular weight is 545 g/mol. The fourth-order valence-electron chi connectivity index (χ4n) is 5.25. The Hall–Kier alpha value is -1.82. The van der Waals surface area contributed by atoms with Crippen molar-refractivity contribution in [2.45, 2.75) is 124 Å². The number of carbonyl (C=O) groups excluding carboxylic acids is 2. The Morgan fingerprint density at radius 2 is 1.79 bits per heavy atom. The molecule has 1 aliphatic rings. The number of aliphatic hydroxyl groups excluding tert-OH is 1. The van der Waals surface area contributed by atoms with E-state index in [0.29, 0.717) is 36.4 Å². The lowest BCUT2D eigenvalue weighted by Crippen LogP contribution is -2.39. The van der Waals surface area contributed by atoms with Gasteiger partial charge in [-0.25, -0.2) is 0 Å². The van der Waals surface area contributed by atoms with E-state index in [1.165, 1.54) is 25.5 Å². The summed E-state index contributed by atoms with van der Waals surface area (Å²) in [6.45, 7) is 10.1. The van der Waals surface area contributed by atoms with Gasteiger partial charge in [0.1, 0.15) is 18.0 Å². The van der Waals surface area contributed by atoms with Gasteiger partial charge in [0.05, 0.1) is 6.10 Å². The Kier molecular flexibility index (Phi) is 18.2. The molecular formula is C34H56O5. The molecule has 0 aromatic carbocycles. The molecule has 1 aliphatic carbocycles. The van der Waals surface area contributed by atoms with Gasteiger partial charge < -0.3 is 14.6 Å². The third kappa shape index (κ3) is 14.4. The van der Waals surface area contributed by atoms with Gasteiger partial charge in [-0.2, -0.15) is 0 Å². The van der Waals surface area contributed by atoms with Crippen molar-refractivity contribution in [3.05, 3.63) is 47.6 Å². The summed E-state index contributed by atoms with van der Waals surface area (Å²) in [7, 11) is 3.26. The number of allylic oxidation sites excluding steroid dienone is 7. The van der Waals surface area contributed by atoms with Crippen molar-refractivity contribution in [3.63, 3.8) is 0 Å². The number of aliphatic hydroxyl groups is 1. The van der Waals surface area contributed by atoms with Crippen LogP contribution in [0.2, 0.25) is 0 Å². The molecule has 0 bridgehead atoms. The predicted octanol–water partition coefficient (Wildman–Crippen LogP) is 7.73. The topological polar surface area (TPSA) is 72.8 Å². The lowest BCUT2D eigenvalue weighted by molar-refractivity contribution is -0.137. The largest absolute Gasteiger partial charge is 0.386 e. The van der Waals surface area contributed by atoms with E-state index in [9.17, 15) is 14.7 Å². The van der Waals surface area contributed by atoms with E-state index in [4.69, 9.17) is 9.47 Å². The molecule has 0 spiro atoms. The van der Waals surface area contributed by atoms with Gasteiger partial charge in [0, 0.05) is 33.0 Å². The van der Waals surface area contributed by atoms with Crippen LogP contribution in [0.5, 0.6) is 0 Å². The number of methoxy groups -OCH3 is 2. The average Bonchev–Trinajstić information content (AvgIpc) is 2.94. The van der Waals surface area contributed by atoms with Crippen LogP contribution in [-0.2, 0) is 19.1 Å². The quantitative estimate of drug-likeness (QED) is 0.133. The van der Waals surface area contributed by atoms with Crippen LogP contribution in [0.3, 0.4) is 0 Å². The van der Waals surface area contributed by atoms with Crippen molar-refractivity contribution in [2.75, 3.05) is 14.2 Å². The molecule has 0 saturated heterocycles. The Balaban J connectivity index is 2.46. The van der Waals surface area contributed by atoms with Crippen LogP contribution in [0.4, 0.5) is 0 Å². The van der Waals surface area contributed by atoms with Crippen molar-refractivity contribution in [1.29, 1.82) is 0 Å². The minimum atomic E-state index is -1.05. The summed E-state index contributed by atoms with van der Waals surface area (Å²) in [5.41, 5.74) is 1.94. The lowest BCUT2D eigenvalue weighted by atomic mass is 9.80. The van der Waals surface area contributed by atoms with Crippen molar-refractivity contribution >= 4 is 11.6 Å². The van der Waals surface area contributed by atoms with E-state index < -0.39 is 12.2 Å². The molecule has 5 nitrogen and oxygen atoms in total. The zero-order valence-electron chi connectivity index (χ0n) is 25.8. The number of hydrogen-bond donors (Lipinski definition) is 1. The van der Waals surface area contributed by atoms with Crippen molar-refractivity contribution < 1.29 is 24.2 Å². The number of ether oxygens (including phenoxy) is 2. The van der Waals surface area contributed by atoms with E-state index in [0.717, 1.165) is 38.5 Å². The normalized spacial score (nSPS) is 22.3. The predicted molar refractivity (Wildman–Crippen MR) is 162 cm³/mol. The Labute approximate surface area is 238 Å². The first-order valence-electron chi connectivity index (χ1n) is 15.1. The van der Waals surface area contributed by atoms with Gasteiger partial charge in [0.25, 0.3) is 0 Å². The highest BCUT2D eigenvalue weighted by molar-refractivity contribution is 5.86. The second-order valence-corrected chi connectivity index (χ2v) is 11.6. The van der Waals surface area contributed by atoms with Crippen LogP contribution in [0.15, 0.2) is 47.6 Å². The number of ketones is 2. The maximum absolute atomic E-state index is 13.0. The minimum Gasteiger partial charge on any atom is -0.386 e. The van der Waals surface area contributed by atoms with Crippen LogP contribution in [0.1, 0.15) is 105 Å². The molecule has 0 aliphatic heterocycles. The summed E-state index contributed by atoms with van der Waals surface area (Å²) in [6.07, 6.45) is 20.5. The van der Waals surface area contributed by atoms with Crippen molar-refractivity contribution in [1.82, 2.24) is 0 Å². The molecule has 1 saturated carbocycles. The maximum atomic E-state index is 13.0. The molecule has 0 aromatic heterocycles. The van der Waals surface area contributed by atoms with Gasteiger partial charge in [-0.15, -0.1) is 0 Å². The first kappa shape index (κ1) is 35.2. The number of Topliss-reactive ketones (excluding diaryl/α,β-unsaturated/α-hetero) is 2. The number of hydrogen-bond acceptors (Lipinski definition) is 5. The first-order chi connectivity index (χ1) is 18.6. The molecule has 0 aromatic rings. The van der Waals surface area contributed by atoms with E-state index in [-0.39, 0.29) is 23.9 Å². The highest BCUT2D eigenvalue weighted by Crippen LogP contribution is 2.32. The molecule has 0 radical (unpaired) electrons. The molecule has 6 atom stereocenters. The highest BCUT2D eigenvalue weighted by Gasteiger charge is 2.31. The monoisotopic (exact) mass is 544 g/mol. The van der Waals surface area contributed by atoms with E-state index in [2.05, 4.69) is 32.9 Å². The summed E-state index contributed by atoms with van der Waals surface area (Å²) in [4.78, 5) is 25.5. The lowest BCUT2D eigenvalue weighted by Gasteiger charge is -2.29. The molecular weight excluding hydrogens is 488 g/mol. The number of rotatable bonds is 19. The number of carbonyl (C=O) groups is 2. The molecule has 0 amide bonds. The van der Waals surface area contributed by atoms with E-state index >= 15 is 0 Å². The van der Waals surface area contributed by atoms with E-state index in [1.54, 1.807) is 20.1 Å². The molecule has 5 unspecified atom stereocenters. The zero-order chi connectivity index (χ0) is 29.2. The summed E-state index contributed by atoms with van der Waals surface area (Å²) >= 11 is 0. The van der Waals surface area contributed by atoms with Gasteiger partial charge in [-0.3, -0.25) is 9.59 Å². The molecule has 39 heavy (non-hydrogen) atoms. The highest BCUT2D eigenvalue weighted by atomic mass is 16.5. The van der Waals surface area contributed by atoms with Crippen LogP contribution >= 0.6 is 0 Å². The minimum absolute atomic E-state index is 0.109. The van der Waals surface area contributed by atoms with Crippen LogP contribution in [0.25, 0.3) is 0 Å². The molecule has 5 heteroatoms. The van der Waals surface area contributed by atoms with E-state index in [1.807, 2.05) is 25.2 Å². The maximum Gasteiger partial charge on any atom is 0.167 e. The zero-order valence-corrected chi connectivity index (χ0v) is 25.8. The summed E-state index contributed by atoms with van der Waals surface area (Å²) in [5, 5.41) is 10.8. The Morgan fingerprint density at radius 3 is 2.46 bits per heavy atom. The van der Waals surface area contributed by atoms with Gasteiger partial charge in [0.15, 0.2) is 5.78 Å². The van der Waals surface area contributed by atoms with Gasteiger partial charge in [0.2, 0.25) is 0 Å². The van der Waals surface area contributed by atoms with Gasteiger partial charge >= 0.3 is 0 Å². The fourth-order valence-corrected chi connectivity index (χ4v) is 5.25. The standard InChI is InChI=1S/C34H56O5/c1-8-25(2)15-12-10-9-11-13-16-27(4)32(36)34(39-7)33(37)28(5)20-22-30(35)21-19-26(3)23-29-17-14-18-31(24-29)38-6/h9-12,15,20,26-27,29,31,33-34,37H,8,13-14,16-19,21-24H2,1-7H3/b11-9+,12-10+,25-15+,28-20+/t26?,27?,29?,31?,33?,34-/m0/s1. The van der Waals surface area contributed by atoms with Crippen LogP contribution in [0, 0.1) is 17.8 Å². The second kappa shape index (κ2) is 20.1. The summed E-state index contributed by atoms with van der Waals surface area (Å²) in [5.74, 6) is 1.03. The summed E-state index contributed by atoms with van der Waals surface area (Å²) < 4.78 is 11.0. The van der Waals surface area contributed by atoms with Gasteiger partial charge in [-0.1, -0.05) is 75.6 Å². The second-order valence-electron chi connectivity index (χ2n) is 11.6. The fraction of sp³-hybridized carbons (Fsp3) is 0.706. The van der Waals surface area contributed by atoms with Crippen molar-refractivity contribution in [3.8, 4) is 0 Å². The first-order valence-corrected chi connectivity index (χ1v) is 15.1. The van der Waals surface area contributed by atoms with Crippen LogP contribution < -0.4 is 0 Å². The smallest absolute Gasteiger partial charge is 0.167 e. The molecule has 1 fully saturated rings. The summed E-state index contributed by atoms with van der Waals surface area (Å²) in [6, 6.07) is 0. The van der Waals surface area contributed by atoms with Gasteiger partial charge in [-0.05, 0) is 76.2 Å². The molecule has 1 N–H and O–H groups in total. The SMILES string of the molecule is CC/C(C)=C/C=C/C=C/CCC(C)C(=O)[C@H](OC)C(O)/C(C)=C/CC(=O)CCC(C)CC1CCCC(OC)C1. The van der Waals surface area contributed by atoms with Crippen molar-refractivity contribution in [2.24, 2.45) is 17.8 Å². The van der Waals surface area contributed by atoms with Crippen LogP contribution in [-0.4, -0.2) is 49.2 Å². The molecule has 1 rings (SSSR count). The third-order valence-corrected chi connectivity index (χ3v) is 8.21. The molecule has 222 valence electrons. The Morgan fingerprint density at radius 1 is 1.05 bits per heavy atom.